The lowest BCUT2D eigenvalue weighted by Crippen LogP contribution is -2.60. The SMILES string of the molecule is CC(C)C[C@H](NC(=O)CNC(=O)[C@@H](NC(=O)[C@H](CCCCN)NC(=O)[C@@H]1CCCN1C(=O)[C@H](CC(C)C)NS(=O)(=O)c1cccc2c(N(C)C)cccc12)[C@@H](C)O)C(=O)N[C@@H](CCCN=C(N)N)C(=O)N[C@@H](CCCN=C(N)N)C(N)=O. The molecule has 0 bridgehead atoms. The Bertz CT molecular complexity index is 2680. The van der Waals surface area contributed by atoms with Crippen molar-refractivity contribution < 1.29 is 51.9 Å². The number of likely N-dealkylation sites (tertiary alicyclic amines) is 1. The Morgan fingerprint density at radius 3 is 1.78 bits per heavy atom. The summed E-state index contributed by atoms with van der Waals surface area (Å²) >= 11 is 0. The lowest BCUT2D eigenvalue weighted by molar-refractivity contribution is -0.141. The fourth-order valence-corrected chi connectivity index (χ4v) is 10.8. The van der Waals surface area contributed by atoms with E-state index < -0.39 is 112 Å². The summed E-state index contributed by atoms with van der Waals surface area (Å²) in [5.74, 6) is -7.13. The second-order valence-corrected chi connectivity index (χ2v) is 23.2. The molecule has 8 atom stereocenters. The molecule has 0 saturated carbocycles. The Morgan fingerprint density at radius 1 is 0.671 bits per heavy atom. The van der Waals surface area contributed by atoms with Gasteiger partial charge in [-0.15, -0.1) is 0 Å². The smallest absolute Gasteiger partial charge is 0.245 e. The van der Waals surface area contributed by atoms with E-state index in [2.05, 4.69) is 46.6 Å². The second kappa shape index (κ2) is 33.5. The number of benzene rings is 2. The fourth-order valence-electron chi connectivity index (χ4n) is 9.33. The predicted octanol–water partition coefficient (Wildman–Crippen LogP) is -2.72. The van der Waals surface area contributed by atoms with Gasteiger partial charge >= 0.3 is 0 Å². The molecule has 1 fully saturated rings. The number of aliphatic imine (C=N–C) groups is 2. The molecule has 1 aliphatic heterocycles. The number of rotatable bonds is 35. The van der Waals surface area contributed by atoms with E-state index in [-0.39, 0.29) is 106 Å². The zero-order valence-electron chi connectivity index (χ0n) is 48.2. The van der Waals surface area contributed by atoms with Crippen molar-refractivity contribution >= 4 is 85.7 Å². The standard InChI is InChI=1S/C53H89N17O11S/c1-30(2)27-38(48(76)65-37(19-13-25-61-53(58)59)46(74)64-35(45(55)73)18-12-24-60-52(56)57)63-43(72)29-62-50(78)44(32(5)71)67-47(75)36(17-8-9-23-54)66-49(77)41-21-14-26-70(41)51(79)39(28-31(3)4)68-82(80,81)42-22-11-15-33-34(42)16-10-20-40(33)69(6)7/h10-11,15-16,20,22,30-32,35-39,41,44,68,71H,8-9,12-14,17-19,21,23-29,54H2,1-7H3,(H2,55,73)(H,62,78)(H,63,72)(H,64,74)(H,65,76)(H,66,77)(H,67,75)(H4,56,57,60)(H4,58,59,61)/t32-,35+,36+,37+,38+,39+,41+,44+/m1/s1. The van der Waals surface area contributed by atoms with E-state index in [0.717, 1.165) is 5.69 Å². The van der Waals surface area contributed by atoms with Gasteiger partial charge in [-0.2, -0.15) is 4.72 Å². The third-order valence-corrected chi connectivity index (χ3v) is 14.9. The van der Waals surface area contributed by atoms with E-state index in [9.17, 15) is 51.9 Å². The first-order valence-corrected chi connectivity index (χ1v) is 29.1. The van der Waals surface area contributed by atoms with Crippen molar-refractivity contribution in [2.24, 2.45) is 56.2 Å². The van der Waals surface area contributed by atoms with Crippen molar-refractivity contribution in [1.82, 2.24) is 41.5 Å². The van der Waals surface area contributed by atoms with Gasteiger partial charge in [0.2, 0.25) is 57.3 Å². The van der Waals surface area contributed by atoms with Crippen molar-refractivity contribution in [2.45, 2.75) is 159 Å². The highest BCUT2D eigenvalue weighted by Gasteiger charge is 2.41. The normalized spacial score (nSPS) is 15.9. The summed E-state index contributed by atoms with van der Waals surface area (Å²) in [6.45, 7) is 8.35. The van der Waals surface area contributed by atoms with Crippen LogP contribution in [0.15, 0.2) is 51.3 Å². The molecule has 0 spiro atoms. The molecule has 0 unspecified atom stereocenters. The molecule has 458 valence electrons. The number of nitrogens with zero attached hydrogens (tertiary/aromatic N) is 4. The molecule has 28 nitrogen and oxygen atoms in total. The molecule has 1 heterocycles. The minimum absolute atomic E-state index is 0.00793. The number of carbonyl (C=O) groups is 8. The molecule has 1 aliphatic rings. The Morgan fingerprint density at radius 2 is 1.21 bits per heavy atom. The summed E-state index contributed by atoms with van der Waals surface area (Å²) in [7, 11) is -0.617. The van der Waals surface area contributed by atoms with Crippen LogP contribution in [-0.4, -0.2) is 173 Å². The number of primary amides is 1. The first kappa shape index (κ1) is 68.9. The molecule has 0 radical (unpaired) electrons. The molecule has 29 heteroatoms. The van der Waals surface area contributed by atoms with Gasteiger partial charge in [0.25, 0.3) is 0 Å². The number of fused-ring (bicyclic) bond motifs is 1. The Hall–Kier alpha value is -7.37. The summed E-state index contributed by atoms with van der Waals surface area (Å²) in [5.41, 5.74) is 33.8. The van der Waals surface area contributed by atoms with Crippen molar-refractivity contribution in [3.8, 4) is 0 Å². The molecular weight excluding hydrogens is 1080 g/mol. The maximum atomic E-state index is 14.5. The van der Waals surface area contributed by atoms with E-state index in [4.69, 9.17) is 34.4 Å². The number of carbonyl (C=O) groups excluding carboxylic acids is 8. The van der Waals surface area contributed by atoms with Crippen LogP contribution in [0.3, 0.4) is 0 Å². The van der Waals surface area contributed by atoms with Gasteiger partial charge in [-0.3, -0.25) is 48.3 Å². The maximum Gasteiger partial charge on any atom is 0.245 e. The zero-order chi connectivity index (χ0) is 61.4. The highest BCUT2D eigenvalue weighted by atomic mass is 32.2. The van der Waals surface area contributed by atoms with E-state index in [1.54, 1.807) is 32.0 Å². The van der Waals surface area contributed by atoms with Crippen molar-refractivity contribution in [1.29, 1.82) is 0 Å². The van der Waals surface area contributed by atoms with E-state index in [0.29, 0.717) is 30.0 Å². The van der Waals surface area contributed by atoms with Crippen LogP contribution in [0.5, 0.6) is 0 Å². The monoisotopic (exact) mass is 1170 g/mol. The van der Waals surface area contributed by atoms with Crippen LogP contribution in [0.4, 0.5) is 5.69 Å². The van der Waals surface area contributed by atoms with Gasteiger partial charge < -0.3 is 81.2 Å². The highest BCUT2D eigenvalue weighted by Crippen LogP contribution is 2.31. The van der Waals surface area contributed by atoms with Crippen LogP contribution in [0.2, 0.25) is 0 Å². The fraction of sp³-hybridized carbons (Fsp3) is 0.623. The average molecular weight is 1170 g/mol. The molecule has 82 heavy (non-hydrogen) atoms. The van der Waals surface area contributed by atoms with Crippen LogP contribution >= 0.6 is 0 Å². The number of guanidine groups is 2. The van der Waals surface area contributed by atoms with Crippen LogP contribution in [0.1, 0.15) is 105 Å². The van der Waals surface area contributed by atoms with Gasteiger partial charge in [0, 0.05) is 50.2 Å². The van der Waals surface area contributed by atoms with Gasteiger partial charge in [-0.05, 0) is 108 Å². The van der Waals surface area contributed by atoms with Crippen LogP contribution < -0.4 is 75.9 Å². The lowest BCUT2D eigenvalue weighted by atomic mass is 10.0. The number of anilines is 1. The quantitative estimate of drug-likeness (QED) is 0.0189. The third kappa shape index (κ3) is 22.2. The second-order valence-electron chi connectivity index (χ2n) is 21.5. The topological polar surface area (TPSA) is 462 Å². The maximum absolute atomic E-state index is 14.5. The number of hydrogen-bond acceptors (Lipinski definition) is 15. The Balaban J connectivity index is 1.77. The summed E-state index contributed by atoms with van der Waals surface area (Å²) in [4.78, 5) is 121. The predicted molar refractivity (Wildman–Crippen MR) is 312 cm³/mol. The minimum Gasteiger partial charge on any atom is -0.391 e. The zero-order valence-corrected chi connectivity index (χ0v) is 49.1. The number of aliphatic hydroxyl groups is 1. The first-order valence-electron chi connectivity index (χ1n) is 27.7. The first-order chi connectivity index (χ1) is 38.6. The summed E-state index contributed by atoms with van der Waals surface area (Å²) in [6.07, 6.45) is 0.616. The van der Waals surface area contributed by atoms with E-state index in [1.807, 2.05) is 45.0 Å². The molecule has 20 N–H and O–H groups in total. The molecule has 2 aromatic carbocycles. The molecular formula is C53H89N17O11S. The van der Waals surface area contributed by atoms with E-state index in [1.165, 1.54) is 17.9 Å². The summed E-state index contributed by atoms with van der Waals surface area (Å²) < 4.78 is 31.0. The van der Waals surface area contributed by atoms with Gasteiger partial charge in [-0.1, -0.05) is 52.0 Å². The van der Waals surface area contributed by atoms with Crippen LogP contribution in [0, 0.1) is 11.8 Å². The number of sulfonamides is 1. The van der Waals surface area contributed by atoms with Crippen LogP contribution in [0.25, 0.3) is 10.8 Å². The van der Waals surface area contributed by atoms with Gasteiger partial charge in [-0.25, -0.2) is 8.42 Å². The number of hydrogen-bond donors (Lipinski definition) is 14. The number of amides is 8. The third-order valence-electron chi connectivity index (χ3n) is 13.4. The van der Waals surface area contributed by atoms with Crippen molar-refractivity contribution in [2.75, 3.05) is 51.7 Å². The van der Waals surface area contributed by atoms with Gasteiger partial charge in [0.15, 0.2) is 11.9 Å². The molecule has 0 aliphatic carbocycles. The number of aliphatic hydroxyl groups excluding tert-OH is 1. The number of unbranched alkanes of at least 4 members (excludes halogenated alkanes) is 1. The van der Waals surface area contributed by atoms with Crippen LogP contribution in [-0.2, 0) is 48.4 Å². The largest absolute Gasteiger partial charge is 0.391 e. The van der Waals surface area contributed by atoms with E-state index >= 15 is 0 Å². The highest BCUT2D eigenvalue weighted by molar-refractivity contribution is 7.89. The molecule has 0 aromatic heterocycles. The molecule has 1 saturated heterocycles. The number of nitrogens with two attached hydrogens (primary N) is 6. The molecule has 3 rings (SSSR count). The minimum atomic E-state index is -4.31. The van der Waals surface area contributed by atoms with Gasteiger partial charge in [0.1, 0.15) is 42.3 Å². The molecule has 2 aromatic rings. The Kier molecular flexibility index (Phi) is 28.2. The summed E-state index contributed by atoms with van der Waals surface area (Å²) in [5, 5.41) is 27.3. The molecule has 8 amide bonds. The van der Waals surface area contributed by atoms with Gasteiger partial charge in [0.05, 0.1) is 17.5 Å². The lowest BCUT2D eigenvalue weighted by Gasteiger charge is -2.31. The van der Waals surface area contributed by atoms with Crippen molar-refractivity contribution in [3.63, 3.8) is 0 Å². The Labute approximate surface area is 480 Å². The summed E-state index contributed by atoms with van der Waals surface area (Å²) in [6, 6.07) is 1.24. The number of nitrogens with one attached hydrogen (secondary N) is 7. The average Bonchev–Trinajstić information content (AvgIpc) is 4.06. The van der Waals surface area contributed by atoms with Crippen molar-refractivity contribution in [3.05, 3.63) is 36.4 Å².